The van der Waals surface area contributed by atoms with E-state index in [1.165, 1.54) is 0 Å². The third-order valence-corrected chi connectivity index (χ3v) is 7.14. The van der Waals surface area contributed by atoms with Gasteiger partial charge in [0.25, 0.3) is 23.6 Å². The van der Waals surface area contributed by atoms with E-state index in [-0.39, 0.29) is 36.3 Å². The molecule has 0 bridgehead atoms. The maximum atomic E-state index is 13.4. The number of carbonyl (C=O) groups excluding carboxylic acids is 4. The number of fused-ring (bicyclic) bond motifs is 1. The fraction of sp³-hybridized carbons (Fsp3) is 0.333. The number of anilines is 2. The van der Waals surface area contributed by atoms with E-state index in [0.29, 0.717) is 53.4 Å². The largest absolute Gasteiger partial charge is 0.482 e. The lowest BCUT2D eigenvalue weighted by atomic mass is 10.1. The summed E-state index contributed by atoms with van der Waals surface area (Å²) >= 11 is 0. The lowest BCUT2D eigenvalue weighted by Gasteiger charge is -2.28. The van der Waals surface area contributed by atoms with Crippen LogP contribution in [0.1, 0.15) is 76.2 Å². The fourth-order valence-corrected chi connectivity index (χ4v) is 4.66. The van der Waals surface area contributed by atoms with Crippen LogP contribution >= 0.6 is 0 Å². The quantitative estimate of drug-likeness (QED) is 0.217. The number of unbranched alkanes of at least 4 members (excludes halogenated alkanes) is 3. The standard InChI is InChI=1S/C33H39N5O5/c1-22(2)38(33(42)26-13-16-28-29(19-26)43-21-30(39)37-28)20-23-7-9-25(10-8-23)32(41)36-27-14-11-24(12-15-27)31(40)35-18-6-4-3-5-17-34/h7-16,19,22H,3-6,17-18,20-21,34H2,1-2H3,(H,35,40)(H,36,41)(H,37,39). The topological polar surface area (TPSA) is 143 Å². The zero-order valence-electron chi connectivity index (χ0n) is 24.7. The number of hydrogen-bond donors (Lipinski definition) is 4. The molecule has 1 aliphatic heterocycles. The minimum Gasteiger partial charge on any atom is -0.482 e. The van der Waals surface area contributed by atoms with Crippen LogP contribution in [0.5, 0.6) is 5.75 Å². The van der Waals surface area contributed by atoms with Gasteiger partial charge < -0.3 is 31.3 Å². The summed E-state index contributed by atoms with van der Waals surface area (Å²) in [6, 6.07) is 18.8. The van der Waals surface area contributed by atoms with Crippen molar-refractivity contribution in [3.8, 4) is 5.75 Å². The van der Waals surface area contributed by atoms with Crippen LogP contribution in [0.25, 0.3) is 0 Å². The smallest absolute Gasteiger partial charge is 0.262 e. The molecule has 1 heterocycles. The van der Waals surface area contributed by atoms with Gasteiger partial charge in [-0.05, 0) is 93.4 Å². The summed E-state index contributed by atoms with van der Waals surface area (Å²) in [4.78, 5) is 51.9. The van der Waals surface area contributed by atoms with E-state index in [0.717, 1.165) is 31.2 Å². The van der Waals surface area contributed by atoms with Gasteiger partial charge in [0.2, 0.25) is 0 Å². The summed E-state index contributed by atoms with van der Waals surface area (Å²) in [7, 11) is 0. The molecule has 0 aliphatic carbocycles. The molecule has 0 fully saturated rings. The van der Waals surface area contributed by atoms with Crippen molar-refractivity contribution in [1.82, 2.24) is 10.2 Å². The second kappa shape index (κ2) is 15.0. The van der Waals surface area contributed by atoms with Crippen LogP contribution in [0, 0.1) is 0 Å². The monoisotopic (exact) mass is 585 g/mol. The first-order valence-corrected chi connectivity index (χ1v) is 14.6. The Morgan fingerprint density at radius 2 is 1.53 bits per heavy atom. The average molecular weight is 586 g/mol. The van der Waals surface area contributed by atoms with Crippen LogP contribution in [0.2, 0.25) is 0 Å². The minimum atomic E-state index is -0.279. The number of benzene rings is 3. The Bertz CT molecular complexity index is 1440. The zero-order valence-corrected chi connectivity index (χ0v) is 24.7. The first-order chi connectivity index (χ1) is 20.7. The molecule has 10 nitrogen and oxygen atoms in total. The van der Waals surface area contributed by atoms with Crippen molar-refractivity contribution in [2.24, 2.45) is 5.73 Å². The Hall–Kier alpha value is -4.70. The lowest BCUT2D eigenvalue weighted by molar-refractivity contribution is -0.118. The van der Waals surface area contributed by atoms with Gasteiger partial charge in [-0.25, -0.2) is 0 Å². The van der Waals surface area contributed by atoms with Gasteiger partial charge in [0, 0.05) is 41.5 Å². The molecule has 5 N–H and O–H groups in total. The van der Waals surface area contributed by atoms with Gasteiger partial charge in [-0.2, -0.15) is 0 Å². The van der Waals surface area contributed by atoms with Gasteiger partial charge in [0.05, 0.1) is 5.69 Å². The highest BCUT2D eigenvalue weighted by atomic mass is 16.5. The molecule has 10 heteroatoms. The molecule has 0 unspecified atom stereocenters. The van der Waals surface area contributed by atoms with Crippen LogP contribution in [-0.2, 0) is 11.3 Å². The third-order valence-electron chi connectivity index (χ3n) is 7.14. The van der Waals surface area contributed by atoms with E-state index in [1.807, 2.05) is 26.0 Å². The lowest BCUT2D eigenvalue weighted by Crippen LogP contribution is -2.36. The van der Waals surface area contributed by atoms with E-state index < -0.39 is 0 Å². The number of hydrogen-bond acceptors (Lipinski definition) is 6. The van der Waals surface area contributed by atoms with E-state index in [2.05, 4.69) is 16.0 Å². The molecule has 0 saturated heterocycles. The molecule has 1 aliphatic rings. The van der Waals surface area contributed by atoms with E-state index in [1.54, 1.807) is 59.5 Å². The highest BCUT2D eigenvalue weighted by Gasteiger charge is 2.23. The molecule has 4 rings (SSSR count). The van der Waals surface area contributed by atoms with Crippen LogP contribution in [0.4, 0.5) is 11.4 Å². The van der Waals surface area contributed by atoms with Crippen molar-refractivity contribution in [3.05, 3.63) is 89.0 Å². The Labute approximate surface area is 252 Å². The number of carbonyl (C=O) groups is 4. The average Bonchev–Trinajstić information content (AvgIpc) is 3.01. The molecule has 43 heavy (non-hydrogen) atoms. The zero-order chi connectivity index (χ0) is 30.8. The molecule has 4 amide bonds. The molecule has 3 aromatic carbocycles. The Kier molecular flexibility index (Phi) is 10.9. The normalized spacial score (nSPS) is 12.1. The molecule has 0 radical (unpaired) electrons. The van der Waals surface area contributed by atoms with Crippen LogP contribution in [0.15, 0.2) is 66.7 Å². The maximum absolute atomic E-state index is 13.4. The van der Waals surface area contributed by atoms with E-state index >= 15 is 0 Å². The second-order valence-corrected chi connectivity index (χ2v) is 10.8. The second-order valence-electron chi connectivity index (χ2n) is 10.8. The summed E-state index contributed by atoms with van der Waals surface area (Å²) in [6.07, 6.45) is 4.01. The van der Waals surface area contributed by atoms with Crippen LogP contribution in [0.3, 0.4) is 0 Å². The molecular formula is C33H39N5O5. The molecule has 0 spiro atoms. The SMILES string of the molecule is CC(C)N(Cc1ccc(C(=O)Nc2ccc(C(=O)NCCCCCCN)cc2)cc1)C(=O)c1ccc2c(c1)OCC(=O)N2. The summed E-state index contributed by atoms with van der Waals surface area (Å²) in [5.74, 6) is -0.355. The predicted molar refractivity (Wildman–Crippen MR) is 166 cm³/mol. The fourth-order valence-electron chi connectivity index (χ4n) is 4.66. The first kappa shape index (κ1) is 31.2. The highest BCUT2D eigenvalue weighted by Crippen LogP contribution is 2.29. The number of ether oxygens (including phenoxy) is 1. The van der Waals surface area contributed by atoms with Gasteiger partial charge in [-0.15, -0.1) is 0 Å². The van der Waals surface area contributed by atoms with Gasteiger partial charge in [0.15, 0.2) is 6.61 Å². The first-order valence-electron chi connectivity index (χ1n) is 14.6. The molecule has 226 valence electrons. The van der Waals surface area contributed by atoms with Crippen LogP contribution < -0.4 is 26.4 Å². The van der Waals surface area contributed by atoms with Crippen molar-refractivity contribution in [1.29, 1.82) is 0 Å². The molecule has 0 atom stereocenters. The molecule has 0 aromatic heterocycles. The number of rotatable bonds is 13. The Morgan fingerprint density at radius 1 is 0.884 bits per heavy atom. The van der Waals surface area contributed by atoms with Crippen molar-refractivity contribution in [2.75, 3.05) is 30.3 Å². The van der Waals surface area contributed by atoms with E-state index in [9.17, 15) is 19.2 Å². The summed E-state index contributed by atoms with van der Waals surface area (Å²) < 4.78 is 5.47. The van der Waals surface area contributed by atoms with Gasteiger partial charge >= 0.3 is 0 Å². The summed E-state index contributed by atoms with van der Waals surface area (Å²) in [5, 5.41) is 8.50. The Balaban J connectivity index is 1.31. The molecule has 0 saturated carbocycles. The van der Waals surface area contributed by atoms with E-state index in [4.69, 9.17) is 10.5 Å². The molecular weight excluding hydrogens is 546 g/mol. The number of nitrogens with two attached hydrogens (primary N) is 1. The van der Waals surface area contributed by atoms with Gasteiger partial charge in [0.1, 0.15) is 5.75 Å². The number of nitrogens with zero attached hydrogens (tertiary/aromatic N) is 1. The van der Waals surface area contributed by atoms with Crippen molar-refractivity contribution >= 4 is 35.0 Å². The number of nitrogens with one attached hydrogen (secondary N) is 3. The van der Waals surface area contributed by atoms with Crippen molar-refractivity contribution < 1.29 is 23.9 Å². The predicted octanol–water partition coefficient (Wildman–Crippen LogP) is 4.57. The van der Waals surface area contributed by atoms with Crippen molar-refractivity contribution in [2.45, 2.75) is 52.1 Å². The van der Waals surface area contributed by atoms with Crippen molar-refractivity contribution in [3.63, 3.8) is 0 Å². The maximum Gasteiger partial charge on any atom is 0.262 e. The minimum absolute atomic E-state index is 0.0847. The van der Waals surface area contributed by atoms with Gasteiger partial charge in [-0.3, -0.25) is 19.2 Å². The van der Waals surface area contributed by atoms with Gasteiger partial charge in [-0.1, -0.05) is 25.0 Å². The molecule has 3 aromatic rings. The summed E-state index contributed by atoms with van der Waals surface area (Å²) in [5.41, 5.74) is 8.95. The third kappa shape index (κ3) is 8.65. The van der Waals surface area contributed by atoms with Crippen LogP contribution in [-0.4, -0.2) is 54.3 Å². The Morgan fingerprint density at radius 3 is 2.23 bits per heavy atom. The highest BCUT2D eigenvalue weighted by molar-refractivity contribution is 6.04. The number of amides is 4. The summed E-state index contributed by atoms with van der Waals surface area (Å²) in [6.45, 7) is 5.45.